The van der Waals surface area contributed by atoms with Gasteiger partial charge in [-0.1, -0.05) is 19.3 Å². The minimum atomic E-state index is -3.15. The van der Waals surface area contributed by atoms with Crippen molar-refractivity contribution < 1.29 is 27.6 Å². The van der Waals surface area contributed by atoms with Crippen LogP contribution in [0.4, 0.5) is 9.59 Å². The van der Waals surface area contributed by atoms with Crippen LogP contribution in [0.5, 0.6) is 0 Å². The molecule has 2 heterocycles. The van der Waals surface area contributed by atoms with Gasteiger partial charge in [0.1, 0.15) is 12.1 Å². The Kier molecular flexibility index (Phi) is 4.91. The van der Waals surface area contributed by atoms with E-state index in [1.54, 1.807) is 0 Å². The van der Waals surface area contributed by atoms with Crippen molar-refractivity contribution in [2.45, 2.75) is 50.1 Å². The van der Waals surface area contributed by atoms with Gasteiger partial charge in [0, 0.05) is 6.04 Å². The summed E-state index contributed by atoms with van der Waals surface area (Å²) in [4.78, 5) is 49.3. The standard InChI is InChI=1S/C15H22N4O6S/c20-11(17-13(22)16-10-4-7-26(24,25)9-10)8-19-12(21)15(18-14(19)23)5-2-1-3-6-15/h10H,1-9H2,(H,18,23)(H2,16,17,20,22)/t10-/m0/s1. The molecule has 1 atom stereocenters. The fourth-order valence-corrected chi connectivity index (χ4v) is 5.43. The molecule has 3 aliphatic rings. The van der Waals surface area contributed by atoms with Gasteiger partial charge >= 0.3 is 12.1 Å². The molecular formula is C15H22N4O6S. The highest BCUT2D eigenvalue weighted by Crippen LogP contribution is 2.33. The van der Waals surface area contributed by atoms with E-state index in [9.17, 15) is 27.6 Å². The lowest BCUT2D eigenvalue weighted by molar-refractivity contribution is -0.135. The average molecular weight is 386 g/mol. The zero-order valence-electron chi connectivity index (χ0n) is 14.2. The number of urea groups is 2. The van der Waals surface area contributed by atoms with E-state index in [-0.39, 0.29) is 11.5 Å². The summed E-state index contributed by atoms with van der Waals surface area (Å²) in [5.74, 6) is -1.40. The molecule has 0 aromatic carbocycles. The molecule has 0 radical (unpaired) electrons. The fourth-order valence-electron chi connectivity index (χ4n) is 3.75. The number of imide groups is 2. The van der Waals surface area contributed by atoms with Crippen LogP contribution >= 0.6 is 0 Å². The molecule has 0 bridgehead atoms. The smallest absolute Gasteiger partial charge is 0.325 e. The molecule has 0 aromatic heterocycles. The van der Waals surface area contributed by atoms with E-state index in [1.165, 1.54) is 0 Å². The Morgan fingerprint density at radius 1 is 1.19 bits per heavy atom. The van der Waals surface area contributed by atoms with Gasteiger partial charge in [-0.05, 0) is 19.3 Å². The number of amides is 6. The van der Waals surface area contributed by atoms with Crippen molar-refractivity contribution in [3.8, 4) is 0 Å². The van der Waals surface area contributed by atoms with Gasteiger partial charge in [0.15, 0.2) is 9.84 Å². The summed E-state index contributed by atoms with van der Waals surface area (Å²) in [6, 6.07) is -2.01. The zero-order chi connectivity index (χ0) is 18.9. The first-order valence-electron chi connectivity index (χ1n) is 8.66. The number of hydrogen-bond acceptors (Lipinski definition) is 6. The highest BCUT2D eigenvalue weighted by Gasteiger charge is 2.51. The molecule has 2 saturated heterocycles. The summed E-state index contributed by atoms with van der Waals surface area (Å²) in [5.41, 5.74) is -0.921. The second-order valence-corrected chi connectivity index (χ2v) is 9.31. The van der Waals surface area contributed by atoms with Crippen LogP contribution in [0.25, 0.3) is 0 Å². The largest absolute Gasteiger partial charge is 0.334 e. The average Bonchev–Trinajstić information content (AvgIpc) is 3.00. The minimum Gasteiger partial charge on any atom is -0.334 e. The highest BCUT2D eigenvalue weighted by molar-refractivity contribution is 7.91. The molecular weight excluding hydrogens is 364 g/mol. The number of nitrogens with zero attached hydrogens (tertiary/aromatic N) is 1. The fraction of sp³-hybridized carbons (Fsp3) is 0.733. The lowest BCUT2D eigenvalue weighted by Crippen LogP contribution is -2.50. The predicted octanol–water partition coefficient (Wildman–Crippen LogP) is -0.746. The third kappa shape index (κ3) is 3.81. The van der Waals surface area contributed by atoms with Gasteiger partial charge in [-0.2, -0.15) is 0 Å². The van der Waals surface area contributed by atoms with Crippen molar-refractivity contribution in [3.05, 3.63) is 0 Å². The Morgan fingerprint density at radius 2 is 1.88 bits per heavy atom. The molecule has 0 aromatic rings. The normalized spacial score (nSPS) is 26.6. The van der Waals surface area contributed by atoms with Crippen molar-refractivity contribution in [1.29, 1.82) is 0 Å². The van der Waals surface area contributed by atoms with Crippen molar-refractivity contribution in [2.75, 3.05) is 18.1 Å². The van der Waals surface area contributed by atoms with E-state index in [1.807, 2.05) is 5.32 Å². The molecule has 1 aliphatic carbocycles. The van der Waals surface area contributed by atoms with E-state index >= 15 is 0 Å². The number of sulfone groups is 1. The van der Waals surface area contributed by atoms with Crippen molar-refractivity contribution >= 4 is 33.7 Å². The van der Waals surface area contributed by atoms with Gasteiger partial charge in [0.2, 0.25) is 5.91 Å². The second kappa shape index (κ2) is 6.86. The van der Waals surface area contributed by atoms with Crippen LogP contribution < -0.4 is 16.0 Å². The molecule has 0 unspecified atom stereocenters. The molecule has 2 aliphatic heterocycles. The third-order valence-corrected chi connectivity index (χ3v) is 6.84. The summed E-state index contributed by atoms with van der Waals surface area (Å²) in [7, 11) is -3.15. The Labute approximate surface area is 151 Å². The topological polar surface area (TPSA) is 142 Å². The Balaban J connectivity index is 1.52. The van der Waals surface area contributed by atoms with Gasteiger partial charge < -0.3 is 10.6 Å². The zero-order valence-corrected chi connectivity index (χ0v) is 15.1. The van der Waals surface area contributed by atoms with Crippen molar-refractivity contribution in [2.24, 2.45) is 0 Å². The van der Waals surface area contributed by atoms with Crippen LogP contribution in [0, 0.1) is 0 Å². The molecule has 1 spiro atoms. The first kappa shape index (κ1) is 18.6. The number of carbonyl (C=O) groups is 4. The maximum atomic E-state index is 12.6. The van der Waals surface area contributed by atoms with Gasteiger partial charge in [-0.15, -0.1) is 0 Å². The van der Waals surface area contributed by atoms with E-state index in [4.69, 9.17) is 0 Å². The molecule has 11 heteroatoms. The molecule has 26 heavy (non-hydrogen) atoms. The predicted molar refractivity (Wildman–Crippen MR) is 89.8 cm³/mol. The van der Waals surface area contributed by atoms with E-state index < -0.39 is 51.8 Å². The lowest BCUT2D eigenvalue weighted by Gasteiger charge is -2.30. The first-order chi connectivity index (χ1) is 12.2. The second-order valence-electron chi connectivity index (χ2n) is 7.09. The Bertz CT molecular complexity index is 743. The Hall–Kier alpha value is -2.17. The summed E-state index contributed by atoms with van der Waals surface area (Å²) >= 11 is 0. The van der Waals surface area contributed by atoms with E-state index in [0.29, 0.717) is 19.3 Å². The van der Waals surface area contributed by atoms with E-state index in [0.717, 1.165) is 24.2 Å². The summed E-state index contributed by atoms with van der Waals surface area (Å²) in [6.07, 6.45) is 4.05. The summed E-state index contributed by atoms with van der Waals surface area (Å²) in [6.45, 7) is -0.553. The molecule has 144 valence electrons. The van der Waals surface area contributed by atoms with E-state index in [2.05, 4.69) is 10.6 Å². The Morgan fingerprint density at radius 3 is 2.50 bits per heavy atom. The van der Waals surface area contributed by atoms with Crippen LogP contribution in [0.3, 0.4) is 0 Å². The van der Waals surface area contributed by atoms with Crippen LogP contribution in [0.15, 0.2) is 0 Å². The van der Waals surface area contributed by atoms with Crippen LogP contribution in [0.2, 0.25) is 0 Å². The minimum absolute atomic E-state index is 0.00355. The molecule has 3 N–H and O–H groups in total. The molecule has 6 amide bonds. The maximum absolute atomic E-state index is 12.6. The quantitative estimate of drug-likeness (QED) is 0.545. The highest BCUT2D eigenvalue weighted by atomic mass is 32.2. The van der Waals surface area contributed by atoms with Gasteiger partial charge in [-0.25, -0.2) is 18.0 Å². The summed E-state index contributed by atoms with van der Waals surface area (Å²) in [5, 5.41) is 7.14. The lowest BCUT2D eigenvalue weighted by atomic mass is 9.82. The third-order valence-electron chi connectivity index (χ3n) is 5.08. The van der Waals surface area contributed by atoms with Crippen LogP contribution in [-0.2, 0) is 19.4 Å². The van der Waals surface area contributed by atoms with Crippen LogP contribution in [0.1, 0.15) is 38.5 Å². The number of hydrogen-bond donors (Lipinski definition) is 3. The SMILES string of the molecule is O=C(CN1C(=O)NC2(CCCCC2)C1=O)NC(=O)N[C@H]1CCS(=O)(=O)C1. The number of carbonyl (C=O) groups excluding carboxylic acids is 4. The molecule has 3 fully saturated rings. The van der Waals surface area contributed by atoms with Gasteiger partial charge in [-0.3, -0.25) is 19.8 Å². The van der Waals surface area contributed by atoms with Crippen LogP contribution in [-0.4, -0.2) is 66.8 Å². The molecule has 1 saturated carbocycles. The monoisotopic (exact) mass is 386 g/mol. The van der Waals surface area contributed by atoms with Crippen molar-refractivity contribution in [3.63, 3.8) is 0 Å². The van der Waals surface area contributed by atoms with Gasteiger partial charge in [0.05, 0.1) is 11.5 Å². The van der Waals surface area contributed by atoms with Gasteiger partial charge in [0.25, 0.3) is 5.91 Å². The van der Waals surface area contributed by atoms with Crippen molar-refractivity contribution in [1.82, 2.24) is 20.9 Å². The maximum Gasteiger partial charge on any atom is 0.325 e. The first-order valence-corrected chi connectivity index (χ1v) is 10.5. The number of rotatable bonds is 3. The summed E-state index contributed by atoms with van der Waals surface area (Å²) < 4.78 is 22.7. The molecule has 3 rings (SSSR count). The number of nitrogens with one attached hydrogen (secondary N) is 3. The molecule has 10 nitrogen and oxygen atoms in total.